The van der Waals surface area contributed by atoms with Crippen LogP contribution in [0.1, 0.15) is 0 Å². The average molecular weight is 175 g/mol. The molecule has 5 heteroatoms. The van der Waals surface area contributed by atoms with Crippen LogP contribution in [0.5, 0.6) is 0 Å². The maximum atomic E-state index is 9.63. The summed E-state index contributed by atoms with van der Waals surface area (Å²) in [7, 11) is 0. The first-order valence-electron chi connectivity index (χ1n) is 4.00. The van der Waals surface area contributed by atoms with E-state index in [0.29, 0.717) is 0 Å². The number of fused-ring (bicyclic) bond motifs is 1. The van der Waals surface area contributed by atoms with Gasteiger partial charge in [-0.2, -0.15) is 0 Å². The molecule has 2 aliphatic rings. The van der Waals surface area contributed by atoms with Crippen molar-refractivity contribution in [3.63, 3.8) is 0 Å². The topological polar surface area (TPSA) is 107 Å². The molecular formula is C7H13NO4. The SMILES string of the molecule is N[C@@H]1[C@H]2[C@H](CO)[C@@H](O)[C@H](O)[C@]21O. The Kier molecular flexibility index (Phi) is 1.53. The molecule has 2 saturated carbocycles. The van der Waals surface area contributed by atoms with Gasteiger partial charge in [0.1, 0.15) is 11.7 Å². The summed E-state index contributed by atoms with van der Waals surface area (Å²) in [6, 6.07) is -0.506. The lowest BCUT2D eigenvalue weighted by atomic mass is 9.99. The van der Waals surface area contributed by atoms with E-state index in [9.17, 15) is 15.3 Å². The highest BCUT2D eigenvalue weighted by Gasteiger charge is 2.76. The van der Waals surface area contributed by atoms with E-state index in [0.717, 1.165) is 0 Å². The number of hydrogen-bond acceptors (Lipinski definition) is 5. The molecule has 5 nitrogen and oxygen atoms in total. The predicted octanol–water partition coefficient (Wildman–Crippen LogP) is -2.98. The van der Waals surface area contributed by atoms with Crippen molar-refractivity contribution in [2.45, 2.75) is 23.9 Å². The number of hydrogen-bond donors (Lipinski definition) is 5. The maximum absolute atomic E-state index is 9.63. The van der Waals surface area contributed by atoms with Crippen molar-refractivity contribution in [3.05, 3.63) is 0 Å². The van der Waals surface area contributed by atoms with Gasteiger partial charge in [0.25, 0.3) is 0 Å². The van der Waals surface area contributed by atoms with Gasteiger partial charge in [-0.05, 0) is 0 Å². The Morgan fingerprint density at radius 3 is 2.25 bits per heavy atom. The molecule has 2 rings (SSSR count). The summed E-state index contributed by atoms with van der Waals surface area (Å²) in [6.45, 7) is -0.251. The van der Waals surface area contributed by atoms with Crippen LogP contribution in [-0.2, 0) is 0 Å². The Bertz CT molecular complexity index is 212. The van der Waals surface area contributed by atoms with Crippen molar-refractivity contribution in [2.24, 2.45) is 17.6 Å². The minimum Gasteiger partial charge on any atom is -0.396 e. The molecule has 0 radical (unpaired) electrons. The van der Waals surface area contributed by atoms with E-state index in [1.165, 1.54) is 0 Å². The van der Waals surface area contributed by atoms with Gasteiger partial charge in [-0.25, -0.2) is 0 Å². The highest BCUT2D eigenvalue weighted by Crippen LogP contribution is 2.57. The summed E-state index contributed by atoms with van der Waals surface area (Å²) in [5.41, 5.74) is 4.14. The van der Waals surface area contributed by atoms with Crippen LogP contribution >= 0.6 is 0 Å². The summed E-state index contributed by atoms with van der Waals surface area (Å²) in [5.74, 6) is -0.840. The van der Waals surface area contributed by atoms with E-state index >= 15 is 0 Å². The second kappa shape index (κ2) is 2.18. The number of rotatable bonds is 1. The second-order valence-electron chi connectivity index (χ2n) is 3.72. The van der Waals surface area contributed by atoms with Crippen LogP contribution < -0.4 is 5.73 Å². The first-order chi connectivity index (χ1) is 5.55. The van der Waals surface area contributed by atoms with Crippen LogP contribution in [0.25, 0.3) is 0 Å². The summed E-state index contributed by atoms with van der Waals surface area (Å²) in [5, 5.41) is 37.1. The van der Waals surface area contributed by atoms with Crippen LogP contribution in [0.4, 0.5) is 0 Å². The largest absolute Gasteiger partial charge is 0.396 e. The molecule has 70 valence electrons. The lowest BCUT2D eigenvalue weighted by molar-refractivity contribution is -0.0645. The van der Waals surface area contributed by atoms with Crippen molar-refractivity contribution >= 4 is 0 Å². The van der Waals surface area contributed by atoms with Gasteiger partial charge in [0.05, 0.1) is 6.10 Å². The van der Waals surface area contributed by atoms with Gasteiger partial charge in [0.15, 0.2) is 0 Å². The third-order valence-electron chi connectivity index (χ3n) is 3.25. The van der Waals surface area contributed by atoms with Gasteiger partial charge < -0.3 is 26.2 Å². The Morgan fingerprint density at radius 1 is 1.33 bits per heavy atom. The van der Waals surface area contributed by atoms with Crippen LogP contribution in [0.3, 0.4) is 0 Å². The highest BCUT2D eigenvalue weighted by molar-refractivity contribution is 5.29. The van der Waals surface area contributed by atoms with Crippen molar-refractivity contribution in [3.8, 4) is 0 Å². The molecule has 12 heavy (non-hydrogen) atoms. The lowest BCUT2D eigenvalue weighted by Crippen LogP contribution is -2.43. The van der Waals surface area contributed by atoms with E-state index < -0.39 is 29.8 Å². The quantitative estimate of drug-likeness (QED) is 0.292. The Labute approximate surface area is 69.4 Å². The summed E-state index contributed by atoms with van der Waals surface area (Å²) in [4.78, 5) is 0. The van der Waals surface area contributed by atoms with Gasteiger partial charge in [-0.3, -0.25) is 0 Å². The fourth-order valence-electron chi connectivity index (χ4n) is 2.39. The first kappa shape index (κ1) is 8.40. The molecule has 6 atom stereocenters. The minimum atomic E-state index is -1.35. The highest BCUT2D eigenvalue weighted by atomic mass is 16.4. The Balaban J connectivity index is 2.23. The zero-order valence-corrected chi connectivity index (χ0v) is 6.46. The predicted molar refractivity (Wildman–Crippen MR) is 39.0 cm³/mol. The van der Waals surface area contributed by atoms with Gasteiger partial charge >= 0.3 is 0 Å². The molecule has 0 spiro atoms. The van der Waals surface area contributed by atoms with E-state index in [2.05, 4.69) is 0 Å². The van der Waals surface area contributed by atoms with Gasteiger partial charge in [0.2, 0.25) is 0 Å². The Hall–Kier alpha value is -0.200. The fourth-order valence-corrected chi connectivity index (χ4v) is 2.39. The molecule has 0 aliphatic heterocycles. The second-order valence-corrected chi connectivity index (χ2v) is 3.72. The van der Waals surface area contributed by atoms with Crippen LogP contribution in [0.2, 0.25) is 0 Å². The molecule has 6 N–H and O–H groups in total. The minimum absolute atomic E-state index is 0.251. The maximum Gasteiger partial charge on any atom is 0.113 e. The number of nitrogens with two attached hydrogens (primary N) is 1. The average Bonchev–Trinajstić information content (AvgIpc) is 2.50. The monoisotopic (exact) mass is 175 g/mol. The molecule has 0 amide bonds. The first-order valence-corrected chi connectivity index (χ1v) is 4.00. The number of aliphatic hydroxyl groups excluding tert-OH is 3. The molecule has 0 aromatic heterocycles. The zero-order valence-electron chi connectivity index (χ0n) is 6.46. The zero-order chi connectivity index (χ0) is 9.09. The van der Waals surface area contributed by atoms with Crippen molar-refractivity contribution in [2.75, 3.05) is 6.61 Å². The van der Waals surface area contributed by atoms with Gasteiger partial charge in [-0.1, -0.05) is 0 Å². The lowest BCUT2D eigenvalue weighted by Gasteiger charge is -2.21. The molecule has 0 aromatic carbocycles. The van der Waals surface area contributed by atoms with E-state index in [1.54, 1.807) is 0 Å². The van der Waals surface area contributed by atoms with Crippen LogP contribution in [0.15, 0.2) is 0 Å². The van der Waals surface area contributed by atoms with E-state index in [1.807, 2.05) is 0 Å². The normalized spacial score (nSPS) is 63.2. The van der Waals surface area contributed by atoms with Crippen molar-refractivity contribution in [1.82, 2.24) is 0 Å². The number of aliphatic hydroxyl groups is 4. The molecular weight excluding hydrogens is 162 g/mol. The van der Waals surface area contributed by atoms with Crippen LogP contribution in [-0.4, -0.2) is 50.9 Å². The molecule has 0 unspecified atom stereocenters. The molecule has 0 saturated heterocycles. The summed E-state index contributed by atoms with van der Waals surface area (Å²) < 4.78 is 0. The molecule has 2 fully saturated rings. The molecule has 0 aromatic rings. The van der Waals surface area contributed by atoms with Crippen LogP contribution in [0, 0.1) is 11.8 Å². The van der Waals surface area contributed by atoms with Crippen molar-refractivity contribution < 1.29 is 20.4 Å². The summed E-state index contributed by atoms with van der Waals surface area (Å²) in [6.07, 6.45) is -2.26. The smallest absolute Gasteiger partial charge is 0.113 e. The fraction of sp³-hybridized carbons (Fsp3) is 1.00. The molecule has 2 aliphatic carbocycles. The third kappa shape index (κ3) is 0.664. The van der Waals surface area contributed by atoms with E-state index in [-0.39, 0.29) is 12.5 Å². The standard InChI is InChI=1S/C7H13NO4/c8-5-3-2(1-9)4(10)6(11)7(3,5)12/h2-6,9-12H,1,8H2/t2-,3+,4+,5+,6-,7-/m0/s1. The van der Waals surface area contributed by atoms with Gasteiger partial charge in [-0.15, -0.1) is 0 Å². The van der Waals surface area contributed by atoms with E-state index in [4.69, 9.17) is 10.8 Å². The van der Waals surface area contributed by atoms with Crippen molar-refractivity contribution in [1.29, 1.82) is 0 Å². The Morgan fingerprint density at radius 2 is 1.92 bits per heavy atom. The third-order valence-corrected chi connectivity index (χ3v) is 3.25. The van der Waals surface area contributed by atoms with Gasteiger partial charge in [0, 0.05) is 24.5 Å². The molecule has 0 bridgehead atoms. The summed E-state index contributed by atoms with van der Waals surface area (Å²) >= 11 is 0. The molecule has 0 heterocycles.